The third-order valence-electron chi connectivity index (χ3n) is 1.93. The smallest absolute Gasteiger partial charge is 0.128 e. The first kappa shape index (κ1) is 9.23. The van der Waals surface area contributed by atoms with Crippen LogP contribution in [-0.4, -0.2) is 9.59 Å². The summed E-state index contributed by atoms with van der Waals surface area (Å²) in [6.45, 7) is 0. The Morgan fingerprint density at radius 1 is 1.36 bits per heavy atom. The van der Waals surface area contributed by atoms with Crippen LogP contribution in [0, 0.1) is 5.82 Å². The van der Waals surface area contributed by atoms with E-state index in [1.165, 1.54) is 17.6 Å². The maximum absolute atomic E-state index is 13.3. The van der Waals surface area contributed by atoms with Gasteiger partial charge in [-0.3, -0.25) is 0 Å². The van der Waals surface area contributed by atoms with Crippen LogP contribution < -0.4 is 5.73 Å². The van der Waals surface area contributed by atoms with E-state index < -0.39 is 6.04 Å². The Hall–Kier alpha value is -1.33. The Morgan fingerprint density at radius 3 is 2.79 bits per heavy atom. The van der Waals surface area contributed by atoms with Gasteiger partial charge >= 0.3 is 0 Å². The van der Waals surface area contributed by atoms with Crippen LogP contribution in [0.2, 0.25) is 0 Å². The quantitative estimate of drug-likeness (QED) is 0.819. The van der Waals surface area contributed by atoms with Gasteiger partial charge in [0.15, 0.2) is 0 Å². The third-order valence-corrected chi connectivity index (χ3v) is 2.67. The highest BCUT2D eigenvalue weighted by molar-refractivity contribution is 7.05. The molecule has 0 aliphatic rings. The molecule has 0 saturated carbocycles. The molecule has 72 valence electrons. The largest absolute Gasteiger partial charge is 0.319 e. The molecule has 0 saturated heterocycles. The van der Waals surface area contributed by atoms with E-state index in [2.05, 4.69) is 9.59 Å². The summed E-state index contributed by atoms with van der Waals surface area (Å²) >= 11 is 1.18. The van der Waals surface area contributed by atoms with E-state index in [0.29, 0.717) is 5.56 Å². The molecule has 14 heavy (non-hydrogen) atoms. The number of hydrogen-bond donors (Lipinski definition) is 1. The Balaban J connectivity index is 2.37. The van der Waals surface area contributed by atoms with Gasteiger partial charge in [0, 0.05) is 5.56 Å². The van der Waals surface area contributed by atoms with Crippen molar-refractivity contribution in [3.63, 3.8) is 0 Å². The molecule has 0 spiro atoms. The van der Waals surface area contributed by atoms with Gasteiger partial charge in [-0.05, 0) is 17.6 Å². The summed E-state index contributed by atoms with van der Waals surface area (Å²) < 4.78 is 17.0. The summed E-state index contributed by atoms with van der Waals surface area (Å²) in [5, 5.41) is 3.66. The van der Waals surface area contributed by atoms with E-state index >= 15 is 0 Å². The van der Waals surface area contributed by atoms with Crippen LogP contribution in [0.3, 0.4) is 0 Å². The number of rotatable bonds is 2. The van der Waals surface area contributed by atoms with Gasteiger partial charge in [-0.25, -0.2) is 4.39 Å². The van der Waals surface area contributed by atoms with Crippen LogP contribution in [0.5, 0.6) is 0 Å². The molecule has 3 nitrogen and oxygen atoms in total. The zero-order valence-electron chi connectivity index (χ0n) is 7.22. The van der Waals surface area contributed by atoms with Crippen molar-refractivity contribution in [1.82, 2.24) is 9.59 Å². The minimum atomic E-state index is -0.476. The fraction of sp³-hybridized carbons (Fsp3) is 0.111. The molecule has 0 radical (unpaired) electrons. The number of nitrogens with zero attached hydrogens (tertiary/aromatic N) is 2. The van der Waals surface area contributed by atoms with Crippen LogP contribution in [0.4, 0.5) is 4.39 Å². The van der Waals surface area contributed by atoms with Crippen LogP contribution in [-0.2, 0) is 0 Å². The highest BCUT2D eigenvalue weighted by Crippen LogP contribution is 2.23. The molecule has 0 fully saturated rings. The number of aromatic nitrogens is 2. The molecule has 2 N–H and O–H groups in total. The van der Waals surface area contributed by atoms with Gasteiger partial charge in [-0.2, -0.15) is 0 Å². The Kier molecular flexibility index (Phi) is 2.51. The zero-order valence-corrected chi connectivity index (χ0v) is 8.04. The molecule has 1 heterocycles. The lowest BCUT2D eigenvalue weighted by Gasteiger charge is -2.09. The van der Waals surface area contributed by atoms with Crippen molar-refractivity contribution in [2.75, 3.05) is 0 Å². The minimum Gasteiger partial charge on any atom is -0.319 e. The first-order chi connectivity index (χ1) is 6.79. The number of benzene rings is 1. The fourth-order valence-corrected chi connectivity index (χ4v) is 1.72. The van der Waals surface area contributed by atoms with Crippen LogP contribution in [0.1, 0.15) is 16.5 Å². The number of halogens is 1. The summed E-state index contributed by atoms with van der Waals surface area (Å²) in [4.78, 5) is 0.759. The Morgan fingerprint density at radius 2 is 2.14 bits per heavy atom. The van der Waals surface area contributed by atoms with E-state index in [9.17, 15) is 4.39 Å². The second kappa shape index (κ2) is 3.81. The monoisotopic (exact) mass is 209 g/mol. The molecule has 2 aromatic rings. The van der Waals surface area contributed by atoms with Crippen molar-refractivity contribution in [1.29, 1.82) is 0 Å². The van der Waals surface area contributed by atoms with Gasteiger partial charge in [0.2, 0.25) is 0 Å². The topological polar surface area (TPSA) is 51.8 Å². The molecule has 0 bridgehead atoms. The fourth-order valence-electron chi connectivity index (χ4n) is 1.19. The zero-order chi connectivity index (χ0) is 9.97. The lowest BCUT2D eigenvalue weighted by atomic mass is 10.1. The first-order valence-corrected chi connectivity index (χ1v) is 4.83. The molecule has 2 rings (SSSR count). The van der Waals surface area contributed by atoms with Crippen LogP contribution in [0.15, 0.2) is 30.5 Å². The second-order valence-corrected chi connectivity index (χ2v) is 3.64. The highest BCUT2D eigenvalue weighted by Gasteiger charge is 2.14. The summed E-state index contributed by atoms with van der Waals surface area (Å²) in [5.41, 5.74) is 6.32. The van der Waals surface area contributed by atoms with Crippen molar-refractivity contribution < 1.29 is 4.39 Å². The van der Waals surface area contributed by atoms with Gasteiger partial charge in [0.05, 0.1) is 17.1 Å². The number of hydrogen-bond acceptors (Lipinski definition) is 4. The van der Waals surface area contributed by atoms with Gasteiger partial charge in [0.1, 0.15) is 5.82 Å². The van der Waals surface area contributed by atoms with Crippen molar-refractivity contribution in [3.8, 4) is 0 Å². The summed E-state index contributed by atoms with van der Waals surface area (Å²) in [7, 11) is 0. The van der Waals surface area contributed by atoms with Crippen LogP contribution >= 0.6 is 11.5 Å². The Bertz CT molecular complexity index is 416. The second-order valence-electron chi connectivity index (χ2n) is 2.82. The molecule has 5 heteroatoms. The molecule has 1 aromatic carbocycles. The lowest BCUT2D eigenvalue weighted by molar-refractivity contribution is 0.601. The lowest BCUT2D eigenvalue weighted by Crippen LogP contribution is -2.11. The van der Waals surface area contributed by atoms with E-state index in [4.69, 9.17) is 5.73 Å². The van der Waals surface area contributed by atoms with Crippen LogP contribution in [0.25, 0.3) is 0 Å². The van der Waals surface area contributed by atoms with Crippen molar-refractivity contribution in [2.45, 2.75) is 6.04 Å². The predicted octanol–water partition coefficient (Wildman–Crippen LogP) is 1.73. The molecule has 1 atom stereocenters. The Labute approximate surface area is 84.5 Å². The molecular weight excluding hydrogens is 201 g/mol. The van der Waals surface area contributed by atoms with Crippen molar-refractivity contribution >= 4 is 11.5 Å². The SMILES string of the molecule is NC(c1cnns1)c1ccccc1F. The van der Waals surface area contributed by atoms with Gasteiger partial charge in [-0.15, -0.1) is 5.10 Å². The third kappa shape index (κ3) is 1.64. The average molecular weight is 209 g/mol. The normalized spacial score (nSPS) is 12.7. The maximum Gasteiger partial charge on any atom is 0.128 e. The summed E-state index contributed by atoms with van der Waals surface area (Å²) in [6, 6.07) is 5.98. The summed E-state index contributed by atoms with van der Waals surface area (Å²) in [6.07, 6.45) is 1.56. The van der Waals surface area contributed by atoms with E-state index in [1.807, 2.05) is 0 Å². The van der Waals surface area contributed by atoms with E-state index in [1.54, 1.807) is 24.4 Å². The molecule has 0 aliphatic carbocycles. The first-order valence-electron chi connectivity index (χ1n) is 4.06. The minimum absolute atomic E-state index is 0.298. The van der Waals surface area contributed by atoms with Crippen molar-refractivity contribution in [3.05, 3.63) is 46.7 Å². The van der Waals surface area contributed by atoms with Gasteiger partial charge in [0.25, 0.3) is 0 Å². The molecule has 1 unspecified atom stereocenters. The predicted molar refractivity (Wildman–Crippen MR) is 52.3 cm³/mol. The molecular formula is C9H8FN3S. The van der Waals surface area contributed by atoms with Gasteiger partial charge < -0.3 is 5.73 Å². The summed E-state index contributed by atoms with van der Waals surface area (Å²) in [5.74, 6) is -0.298. The highest BCUT2D eigenvalue weighted by atomic mass is 32.1. The standard InChI is InChI=1S/C9H8FN3S/c10-7-4-2-1-3-6(7)9(11)8-5-12-13-14-8/h1-5,9H,11H2. The number of nitrogens with two attached hydrogens (primary N) is 1. The maximum atomic E-state index is 13.3. The average Bonchev–Trinajstić information content (AvgIpc) is 2.70. The molecule has 0 aliphatic heterocycles. The van der Waals surface area contributed by atoms with E-state index in [-0.39, 0.29) is 5.82 Å². The van der Waals surface area contributed by atoms with Gasteiger partial charge in [-0.1, -0.05) is 22.7 Å². The van der Waals surface area contributed by atoms with E-state index in [0.717, 1.165) is 4.88 Å². The van der Waals surface area contributed by atoms with Crippen molar-refractivity contribution in [2.24, 2.45) is 5.73 Å². The molecule has 1 aromatic heterocycles. The molecule has 0 amide bonds.